The molecule has 0 aliphatic heterocycles. The Labute approximate surface area is 317 Å². The van der Waals surface area contributed by atoms with Gasteiger partial charge in [-0.3, -0.25) is 0 Å². The number of benzene rings is 9. The summed E-state index contributed by atoms with van der Waals surface area (Å²) in [5.74, 6) is 0. The van der Waals surface area contributed by atoms with Gasteiger partial charge in [0.2, 0.25) is 0 Å². The fourth-order valence-corrected chi connectivity index (χ4v) is 9.07. The standard InChI is InChI=1S/C53H41N/c1-34-13-11-15-39(29-34)54(40-16-12-14-35(2)30-40)38-26-23-36(24-27-38)47-32-49-44-20-8-6-18-42(44)48(33-50(49)43-19-7-5-17-41(43)47)37-25-28-46-45-21-9-10-22-51(45)53(3,4)52(46)31-37/h5-33H,1-4H3. The highest BCUT2D eigenvalue weighted by atomic mass is 15.1. The lowest BCUT2D eigenvalue weighted by Gasteiger charge is -2.26. The smallest absolute Gasteiger partial charge is 0.0464 e. The fourth-order valence-electron chi connectivity index (χ4n) is 9.07. The van der Waals surface area contributed by atoms with E-state index in [2.05, 4.69) is 209 Å². The summed E-state index contributed by atoms with van der Waals surface area (Å²) in [5.41, 5.74) is 16.4. The minimum atomic E-state index is -0.0527. The van der Waals surface area contributed by atoms with Crippen LogP contribution in [0.4, 0.5) is 17.1 Å². The van der Waals surface area contributed by atoms with E-state index in [9.17, 15) is 0 Å². The first-order valence-electron chi connectivity index (χ1n) is 19.0. The van der Waals surface area contributed by atoms with Crippen LogP contribution in [0.3, 0.4) is 0 Å². The summed E-state index contributed by atoms with van der Waals surface area (Å²) in [6.07, 6.45) is 0. The Morgan fingerprint density at radius 2 is 0.833 bits per heavy atom. The number of anilines is 3. The van der Waals surface area contributed by atoms with Gasteiger partial charge in [0.05, 0.1) is 0 Å². The Morgan fingerprint density at radius 3 is 1.43 bits per heavy atom. The van der Waals surface area contributed by atoms with E-state index >= 15 is 0 Å². The van der Waals surface area contributed by atoms with Gasteiger partial charge < -0.3 is 4.90 Å². The molecule has 0 radical (unpaired) electrons. The fraction of sp³-hybridized carbons (Fsp3) is 0.0943. The average molecular weight is 692 g/mol. The Morgan fingerprint density at radius 1 is 0.333 bits per heavy atom. The number of aryl methyl sites for hydroxylation is 2. The van der Waals surface area contributed by atoms with Gasteiger partial charge in [-0.05, 0) is 156 Å². The molecule has 0 bridgehead atoms. The van der Waals surface area contributed by atoms with Gasteiger partial charge >= 0.3 is 0 Å². The molecule has 0 saturated heterocycles. The van der Waals surface area contributed by atoms with Crippen molar-refractivity contribution in [1.82, 2.24) is 0 Å². The second-order valence-corrected chi connectivity index (χ2v) is 15.5. The lowest BCUT2D eigenvalue weighted by Crippen LogP contribution is -2.14. The predicted molar refractivity (Wildman–Crippen MR) is 232 cm³/mol. The predicted octanol–water partition coefficient (Wildman–Crippen LogP) is 14.9. The van der Waals surface area contributed by atoms with Gasteiger partial charge in [-0.2, -0.15) is 0 Å². The van der Waals surface area contributed by atoms with E-state index in [1.807, 2.05) is 0 Å². The average Bonchev–Trinajstić information content (AvgIpc) is 3.43. The van der Waals surface area contributed by atoms with Crippen LogP contribution in [-0.4, -0.2) is 0 Å². The molecule has 0 unspecified atom stereocenters. The van der Waals surface area contributed by atoms with E-state index < -0.39 is 0 Å². The van der Waals surface area contributed by atoms with E-state index in [0.29, 0.717) is 0 Å². The number of rotatable bonds is 5. The molecule has 1 heteroatoms. The number of hydrogen-bond acceptors (Lipinski definition) is 1. The van der Waals surface area contributed by atoms with Crippen molar-refractivity contribution in [1.29, 1.82) is 0 Å². The third kappa shape index (κ3) is 5.07. The van der Waals surface area contributed by atoms with Crippen LogP contribution in [0.15, 0.2) is 176 Å². The second-order valence-electron chi connectivity index (χ2n) is 15.5. The maximum Gasteiger partial charge on any atom is 0.0464 e. The first-order chi connectivity index (χ1) is 26.3. The van der Waals surface area contributed by atoms with Gasteiger partial charge in [0, 0.05) is 22.5 Å². The first-order valence-corrected chi connectivity index (χ1v) is 19.0. The third-order valence-electron chi connectivity index (χ3n) is 11.7. The van der Waals surface area contributed by atoms with Gasteiger partial charge in [0.1, 0.15) is 0 Å². The molecule has 0 spiro atoms. The van der Waals surface area contributed by atoms with Gasteiger partial charge in [-0.1, -0.05) is 135 Å². The van der Waals surface area contributed by atoms with E-state index in [0.717, 1.165) is 17.1 Å². The lowest BCUT2D eigenvalue weighted by atomic mass is 9.81. The highest BCUT2D eigenvalue weighted by Crippen LogP contribution is 2.50. The Hall–Kier alpha value is -6.44. The zero-order valence-corrected chi connectivity index (χ0v) is 31.2. The van der Waals surface area contributed by atoms with Crippen molar-refractivity contribution < 1.29 is 0 Å². The van der Waals surface area contributed by atoms with Crippen molar-refractivity contribution in [2.24, 2.45) is 0 Å². The molecule has 0 atom stereocenters. The number of fused-ring (bicyclic) bond motifs is 8. The molecule has 0 heterocycles. The van der Waals surface area contributed by atoms with E-state index in [1.54, 1.807) is 0 Å². The molecule has 258 valence electrons. The molecule has 1 aliphatic rings. The largest absolute Gasteiger partial charge is 0.310 e. The van der Waals surface area contributed by atoms with E-state index in [1.165, 1.54) is 88.0 Å². The Balaban J connectivity index is 1.14. The molecule has 1 aliphatic carbocycles. The van der Waals surface area contributed by atoms with Crippen molar-refractivity contribution in [3.05, 3.63) is 198 Å². The van der Waals surface area contributed by atoms with Gasteiger partial charge in [0.15, 0.2) is 0 Å². The van der Waals surface area contributed by atoms with Crippen LogP contribution in [0.5, 0.6) is 0 Å². The summed E-state index contributed by atoms with van der Waals surface area (Å²) in [4.78, 5) is 2.36. The molecule has 0 N–H and O–H groups in total. The molecule has 0 amide bonds. The van der Waals surface area contributed by atoms with Crippen LogP contribution in [0, 0.1) is 13.8 Å². The van der Waals surface area contributed by atoms with Crippen molar-refractivity contribution in [3.8, 4) is 33.4 Å². The van der Waals surface area contributed by atoms with Crippen LogP contribution >= 0.6 is 0 Å². The zero-order chi connectivity index (χ0) is 36.6. The highest BCUT2D eigenvalue weighted by Gasteiger charge is 2.35. The highest BCUT2D eigenvalue weighted by molar-refractivity contribution is 6.24. The summed E-state index contributed by atoms with van der Waals surface area (Å²) in [5, 5.41) is 7.66. The third-order valence-corrected chi connectivity index (χ3v) is 11.7. The topological polar surface area (TPSA) is 3.24 Å². The molecule has 0 saturated carbocycles. The van der Waals surface area contributed by atoms with Crippen LogP contribution in [0.1, 0.15) is 36.1 Å². The minimum absolute atomic E-state index is 0.0527. The lowest BCUT2D eigenvalue weighted by molar-refractivity contribution is 0.660. The number of nitrogens with zero attached hydrogens (tertiary/aromatic N) is 1. The summed E-state index contributed by atoms with van der Waals surface area (Å²) >= 11 is 0. The van der Waals surface area contributed by atoms with Crippen molar-refractivity contribution in [2.45, 2.75) is 33.1 Å². The Kier molecular flexibility index (Phi) is 7.35. The van der Waals surface area contributed by atoms with Gasteiger partial charge in [-0.15, -0.1) is 0 Å². The second kappa shape index (κ2) is 12.3. The normalized spacial score (nSPS) is 13.0. The van der Waals surface area contributed by atoms with Gasteiger partial charge in [0.25, 0.3) is 0 Å². The SMILES string of the molecule is Cc1cccc(N(c2ccc(-c3cc4c5ccccc5c(-c5ccc6c(c5)C(C)(C)c5ccccc5-6)cc4c4ccccc34)cc2)c2cccc(C)c2)c1. The molecule has 9 aromatic carbocycles. The zero-order valence-electron chi connectivity index (χ0n) is 31.2. The summed E-state index contributed by atoms with van der Waals surface area (Å²) in [6.45, 7) is 9.04. The van der Waals surface area contributed by atoms with Crippen molar-refractivity contribution in [2.75, 3.05) is 4.90 Å². The molecule has 0 fully saturated rings. The quantitative estimate of drug-likeness (QED) is 0.162. The van der Waals surface area contributed by atoms with E-state index in [4.69, 9.17) is 0 Å². The van der Waals surface area contributed by atoms with Crippen LogP contribution in [-0.2, 0) is 5.41 Å². The first kappa shape index (κ1) is 32.2. The van der Waals surface area contributed by atoms with Crippen molar-refractivity contribution in [3.63, 3.8) is 0 Å². The summed E-state index contributed by atoms with van der Waals surface area (Å²) in [6, 6.07) is 65.5. The number of hydrogen-bond donors (Lipinski definition) is 0. The molecule has 54 heavy (non-hydrogen) atoms. The minimum Gasteiger partial charge on any atom is -0.310 e. The summed E-state index contributed by atoms with van der Waals surface area (Å²) < 4.78 is 0. The van der Waals surface area contributed by atoms with E-state index in [-0.39, 0.29) is 5.41 Å². The van der Waals surface area contributed by atoms with Crippen molar-refractivity contribution >= 4 is 49.4 Å². The van der Waals surface area contributed by atoms with Gasteiger partial charge in [-0.25, -0.2) is 0 Å². The molecule has 10 rings (SSSR count). The monoisotopic (exact) mass is 691 g/mol. The van der Waals surface area contributed by atoms with Crippen LogP contribution < -0.4 is 4.90 Å². The molecule has 9 aromatic rings. The maximum atomic E-state index is 2.46. The van der Waals surface area contributed by atoms with Crippen LogP contribution in [0.25, 0.3) is 65.7 Å². The molecular weight excluding hydrogens is 651 g/mol. The maximum absolute atomic E-state index is 2.46. The molecular formula is C53H41N. The Bertz CT molecular complexity index is 2880. The van der Waals surface area contributed by atoms with Crippen LogP contribution in [0.2, 0.25) is 0 Å². The molecule has 1 nitrogen and oxygen atoms in total. The summed E-state index contributed by atoms with van der Waals surface area (Å²) in [7, 11) is 0. The molecule has 0 aromatic heterocycles.